The number of piperazine rings is 1. The molecule has 1 atom stereocenters. The summed E-state index contributed by atoms with van der Waals surface area (Å²) < 4.78 is -0.174. The van der Waals surface area contributed by atoms with Crippen molar-refractivity contribution >= 4 is 45.7 Å². The van der Waals surface area contributed by atoms with Crippen LogP contribution in [0.3, 0.4) is 0 Å². The van der Waals surface area contributed by atoms with Crippen molar-refractivity contribution in [3.63, 3.8) is 0 Å². The van der Waals surface area contributed by atoms with Crippen LogP contribution in [0.25, 0.3) is 0 Å². The monoisotopic (exact) mass is 433 g/mol. The molecule has 1 aromatic rings. The first kappa shape index (κ1) is 22.0. The van der Waals surface area contributed by atoms with Gasteiger partial charge in [0.05, 0.1) is 16.0 Å². The van der Waals surface area contributed by atoms with Gasteiger partial charge in [-0.1, -0.05) is 39.8 Å². The summed E-state index contributed by atoms with van der Waals surface area (Å²) in [6, 6.07) is 10.3. The Morgan fingerprint density at radius 3 is 2.28 bits per heavy atom. The molecule has 0 saturated carbocycles. The maximum Gasteiger partial charge on any atom is 0.319 e. The maximum atomic E-state index is 12.8. The number of amides is 2. The van der Waals surface area contributed by atoms with Crippen LogP contribution in [0.2, 0.25) is 0 Å². The molecule has 29 heavy (non-hydrogen) atoms. The molecule has 2 aliphatic rings. The number of nitrogens with one attached hydrogen (secondary N) is 1. The highest BCUT2D eigenvalue weighted by atomic mass is 33.1. The van der Waals surface area contributed by atoms with Gasteiger partial charge in [-0.3, -0.25) is 9.98 Å². The Morgan fingerprint density at radius 2 is 1.62 bits per heavy atom. The van der Waals surface area contributed by atoms with E-state index in [4.69, 9.17) is 0 Å². The second-order valence-electron chi connectivity index (χ2n) is 8.42. The summed E-state index contributed by atoms with van der Waals surface area (Å²) in [7, 11) is 3.57. The molecule has 2 amide bonds. The van der Waals surface area contributed by atoms with Gasteiger partial charge >= 0.3 is 6.03 Å². The normalized spacial score (nSPS) is 24.2. The molecule has 6 nitrogen and oxygen atoms in total. The van der Waals surface area contributed by atoms with Crippen molar-refractivity contribution in [3.05, 3.63) is 30.3 Å². The summed E-state index contributed by atoms with van der Waals surface area (Å²) in [6.07, 6.45) is 3.57. The number of carbonyl (C=O) groups excluding carboxylic acids is 1. The topological polar surface area (TPSA) is 60.3 Å². The van der Waals surface area contributed by atoms with Crippen LogP contribution in [0.1, 0.15) is 27.7 Å². The second kappa shape index (κ2) is 9.43. The Bertz CT molecular complexity index is 743. The van der Waals surface area contributed by atoms with Gasteiger partial charge < -0.3 is 15.1 Å². The number of benzene rings is 1. The molecule has 0 aromatic heterocycles. The van der Waals surface area contributed by atoms with E-state index in [0.29, 0.717) is 19.6 Å². The highest BCUT2D eigenvalue weighted by Crippen LogP contribution is 2.42. The molecular formula is C21H31N5OS2. The van der Waals surface area contributed by atoms with E-state index < -0.39 is 0 Å². The Balaban J connectivity index is 1.58. The summed E-state index contributed by atoms with van der Waals surface area (Å²) in [5.41, 5.74) is 1.21. The summed E-state index contributed by atoms with van der Waals surface area (Å²) >= 11 is 0. The van der Waals surface area contributed by atoms with Gasteiger partial charge in [0, 0.05) is 44.3 Å². The number of hydrogen-bond acceptors (Lipinski definition) is 6. The van der Waals surface area contributed by atoms with E-state index >= 15 is 0 Å². The number of anilines is 1. The average molecular weight is 434 g/mol. The van der Waals surface area contributed by atoms with Gasteiger partial charge in [-0.25, -0.2) is 4.79 Å². The molecule has 1 saturated heterocycles. The first-order valence-electron chi connectivity index (χ1n) is 10.0. The Labute approximate surface area is 182 Å². The Hall–Kier alpha value is -1.67. The molecule has 3 rings (SSSR count). The minimum absolute atomic E-state index is 0.0601. The predicted octanol–water partition coefficient (Wildman–Crippen LogP) is 3.94. The van der Waals surface area contributed by atoms with Crippen molar-refractivity contribution in [2.24, 2.45) is 9.98 Å². The van der Waals surface area contributed by atoms with E-state index in [1.807, 2.05) is 35.5 Å². The van der Waals surface area contributed by atoms with E-state index in [9.17, 15) is 4.79 Å². The Morgan fingerprint density at radius 1 is 1.00 bits per heavy atom. The van der Waals surface area contributed by atoms with Crippen LogP contribution in [0.5, 0.6) is 0 Å². The fourth-order valence-corrected chi connectivity index (χ4v) is 5.27. The fourth-order valence-electron chi connectivity index (χ4n) is 3.07. The van der Waals surface area contributed by atoms with E-state index in [2.05, 4.69) is 60.0 Å². The summed E-state index contributed by atoms with van der Waals surface area (Å²) in [4.78, 5) is 26.2. The molecule has 2 heterocycles. The summed E-state index contributed by atoms with van der Waals surface area (Å²) in [5, 5.41) is 3.07. The molecule has 1 N–H and O–H groups in total. The van der Waals surface area contributed by atoms with Gasteiger partial charge in [-0.2, -0.15) is 0 Å². The van der Waals surface area contributed by atoms with Gasteiger partial charge in [-0.05, 0) is 39.8 Å². The first-order chi connectivity index (χ1) is 13.7. The van der Waals surface area contributed by atoms with Crippen LogP contribution in [0.4, 0.5) is 10.5 Å². The maximum absolute atomic E-state index is 12.8. The predicted molar refractivity (Wildman–Crippen MR) is 128 cm³/mol. The van der Waals surface area contributed by atoms with Crippen LogP contribution in [-0.4, -0.2) is 71.7 Å². The SMILES string of the molecule is CC1(C)C=NCC(NC(=O)N2CCN(c3ccccc3)CC2)N=CC(C)(C)SS1. The third-order valence-electron chi connectivity index (χ3n) is 4.70. The number of urea groups is 1. The van der Waals surface area contributed by atoms with Crippen LogP contribution < -0.4 is 10.2 Å². The van der Waals surface area contributed by atoms with Gasteiger partial charge in [0.2, 0.25) is 0 Å². The van der Waals surface area contributed by atoms with E-state index in [1.54, 1.807) is 21.6 Å². The number of aliphatic imine (C=N–C) groups is 2. The third kappa shape index (κ3) is 6.67. The second-order valence-corrected chi connectivity index (χ2v) is 11.9. The van der Waals surface area contributed by atoms with Crippen LogP contribution in [-0.2, 0) is 0 Å². The van der Waals surface area contributed by atoms with Crippen LogP contribution >= 0.6 is 21.6 Å². The molecule has 0 bridgehead atoms. The molecule has 158 valence electrons. The molecule has 1 fully saturated rings. The van der Waals surface area contributed by atoms with E-state index in [-0.39, 0.29) is 21.7 Å². The number of rotatable bonds is 2. The number of hydrogen-bond donors (Lipinski definition) is 1. The standard InChI is InChI=1S/C21H31N5OS2/c1-20(2)15-22-14-18(23-16-21(3,4)29-28-20)24-19(27)26-12-10-25(11-13-26)17-8-6-5-7-9-17/h5-9,15-16,18H,10-14H2,1-4H3,(H,24,27). The molecule has 8 heteroatoms. The largest absolute Gasteiger partial charge is 0.368 e. The quantitative estimate of drug-likeness (QED) is 0.718. The minimum atomic E-state index is -0.343. The lowest BCUT2D eigenvalue weighted by atomic mass is 10.2. The van der Waals surface area contributed by atoms with Crippen molar-refractivity contribution in [1.29, 1.82) is 0 Å². The lowest BCUT2D eigenvalue weighted by Crippen LogP contribution is -2.53. The average Bonchev–Trinajstić information content (AvgIpc) is 2.71. The third-order valence-corrected chi connectivity index (χ3v) is 8.68. The highest BCUT2D eigenvalue weighted by molar-refractivity contribution is 8.78. The smallest absolute Gasteiger partial charge is 0.319 e. The van der Waals surface area contributed by atoms with Crippen molar-refractivity contribution in [3.8, 4) is 0 Å². The molecule has 0 aliphatic carbocycles. The van der Waals surface area contributed by atoms with Crippen LogP contribution in [0.15, 0.2) is 40.3 Å². The van der Waals surface area contributed by atoms with Gasteiger partial charge in [0.1, 0.15) is 6.17 Å². The highest BCUT2D eigenvalue weighted by Gasteiger charge is 2.27. The van der Waals surface area contributed by atoms with E-state index in [0.717, 1.165) is 13.1 Å². The zero-order valence-corrected chi connectivity index (χ0v) is 19.3. The molecule has 0 spiro atoms. The van der Waals surface area contributed by atoms with E-state index in [1.165, 1.54) is 5.69 Å². The molecule has 0 radical (unpaired) electrons. The number of nitrogens with zero attached hydrogens (tertiary/aromatic N) is 4. The van der Waals surface area contributed by atoms with Gasteiger partial charge in [0.15, 0.2) is 0 Å². The van der Waals surface area contributed by atoms with Crippen molar-refractivity contribution in [2.75, 3.05) is 37.6 Å². The zero-order chi connectivity index (χ0) is 20.9. The van der Waals surface area contributed by atoms with Crippen molar-refractivity contribution < 1.29 is 4.79 Å². The fraction of sp³-hybridized carbons (Fsp3) is 0.571. The lowest BCUT2D eigenvalue weighted by molar-refractivity contribution is 0.191. The first-order valence-corrected chi connectivity index (χ1v) is 12.2. The summed E-state index contributed by atoms with van der Waals surface area (Å²) in [6.45, 7) is 12.1. The summed E-state index contributed by atoms with van der Waals surface area (Å²) in [5.74, 6) is 0. The zero-order valence-electron chi connectivity index (χ0n) is 17.7. The lowest BCUT2D eigenvalue weighted by Gasteiger charge is -2.36. The minimum Gasteiger partial charge on any atom is -0.368 e. The van der Waals surface area contributed by atoms with Gasteiger partial charge in [-0.15, -0.1) is 0 Å². The number of carbonyl (C=O) groups is 1. The molecular weight excluding hydrogens is 402 g/mol. The van der Waals surface area contributed by atoms with Crippen molar-refractivity contribution in [2.45, 2.75) is 43.4 Å². The van der Waals surface area contributed by atoms with Crippen molar-refractivity contribution in [1.82, 2.24) is 10.2 Å². The molecule has 2 aliphatic heterocycles. The Kier molecular flexibility index (Phi) is 7.16. The van der Waals surface area contributed by atoms with Gasteiger partial charge in [0.25, 0.3) is 0 Å². The van der Waals surface area contributed by atoms with Crippen LogP contribution in [0, 0.1) is 0 Å². The molecule has 1 aromatic carbocycles. The number of para-hydroxylation sites is 1. The molecule has 1 unspecified atom stereocenters.